The molecule has 0 amide bonds. The highest BCUT2D eigenvalue weighted by atomic mass is 35.5. The lowest BCUT2D eigenvalue weighted by atomic mass is 9.95. The smallest absolute Gasteiger partial charge is 0.240 e. The van der Waals surface area contributed by atoms with Gasteiger partial charge in [0.25, 0.3) is 0 Å². The Morgan fingerprint density at radius 3 is 2.04 bits per heavy atom. The molecule has 0 spiro atoms. The van der Waals surface area contributed by atoms with Gasteiger partial charge in [-0.1, -0.05) is 26.8 Å². The van der Waals surface area contributed by atoms with Crippen LogP contribution in [0.2, 0.25) is 0 Å². The van der Waals surface area contributed by atoms with Crippen LogP contribution in [0, 0.1) is 0 Å². The van der Waals surface area contributed by atoms with Crippen LogP contribution < -0.4 is 10.5 Å². The van der Waals surface area contributed by atoms with Crippen LogP contribution in [0.4, 0.5) is 0 Å². The fraction of sp³-hybridized carbons (Fsp3) is 0.571. The predicted octanol–water partition coefficient (Wildman–Crippen LogP) is 1.70. The van der Waals surface area contributed by atoms with Crippen molar-refractivity contribution in [3.63, 3.8) is 0 Å². The summed E-state index contributed by atoms with van der Waals surface area (Å²) in [6.45, 7) is 5.41. The van der Waals surface area contributed by atoms with E-state index in [-0.39, 0.29) is 34.5 Å². The molecule has 0 atom stereocenters. The number of hydrogen-bond donors (Lipinski definition) is 2. The normalized spacial score (nSPS) is 12.7. The van der Waals surface area contributed by atoms with Gasteiger partial charge >= 0.3 is 0 Å². The van der Waals surface area contributed by atoms with Gasteiger partial charge in [-0.2, -0.15) is 0 Å². The molecule has 6 nitrogen and oxygen atoms in total. The number of hydrogen-bond acceptors (Lipinski definition) is 5. The van der Waals surface area contributed by atoms with E-state index < -0.39 is 25.4 Å². The molecule has 0 saturated carbocycles. The van der Waals surface area contributed by atoms with Crippen LogP contribution in [0.3, 0.4) is 0 Å². The summed E-state index contributed by atoms with van der Waals surface area (Å²) < 4.78 is 50.8. The van der Waals surface area contributed by atoms with Crippen molar-refractivity contribution in [2.24, 2.45) is 5.73 Å². The van der Waals surface area contributed by atoms with Gasteiger partial charge in [-0.15, -0.1) is 12.4 Å². The number of sulfonamides is 1. The maximum Gasteiger partial charge on any atom is 0.240 e. The Bertz CT molecular complexity index is 714. The zero-order valence-electron chi connectivity index (χ0n) is 13.6. The minimum atomic E-state index is -3.80. The van der Waals surface area contributed by atoms with Crippen LogP contribution in [0.25, 0.3) is 0 Å². The van der Waals surface area contributed by atoms with Crippen molar-refractivity contribution in [3.8, 4) is 0 Å². The quantitative estimate of drug-likeness (QED) is 0.709. The average molecular weight is 385 g/mol. The first-order valence-electron chi connectivity index (χ1n) is 7.21. The molecule has 1 aromatic rings. The van der Waals surface area contributed by atoms with Crippen molar-refractivity contribution in [1.82, 2.24) is 4.72 Å². The van der Waals surface area contributed by atoms with Crippen LogP contribution in [0.5, 0.6) is 0 Å². The van der Waals surface area contributed by atoms with Crippen LogP contribution in [-0.4, -0.2) is 34.7 Å². The van der Waals surface area contributed by atoms with Crippen molar-refractivity contribution in [3.05, 3.63) is 24.3 Å². The molecule has 0 radical (unpaired) electrons. The fourth-order valence-corrected chi connectivity index (χ4v) is 4.01. The summed E-state index contributed by atoms with van der Waals surface area (Å²) in [5, 5.41) is 0. The summed E-state index contributed by atoms with van der Waals surface area (Å²) in [7, 11) is -7.25. The lowest BCUT2D eigenvalue weighted by Gasteiger charge is -2.26. The number of halogens is 1. The van der Waals surface area contributed by atoms with Gasteiger partial charge in [-0.25, -0.2) is 21.6 Å². The van der Waals surface area contributed by atoms with Gasteiger partial charge in [0.05, 0.1) is 15.5 Å². The predicted molar refractivity (Wildman–Crippen MR) is 94.1 cm³/mol. The fourth-order valence-electron chi connectivity index (χ4n) is 1.82. The molecular weight excluding hydrogens is 360 g/mol. The molecule has 0 aliphatic carbocycles. The summed E-state index contributed by atoms with van der Waals surface area (Å²) in [5.41, 5.74) is 5.47. The highest BCUT2D eigenvalue weighted by Crippen LogP contribution is 2.18. The van der Waals surface area contributed by atoms with Gasteiger partial charge in [0, 0.05) is 12.1 Å². The number of nitrogens with two attached hydrogens (primary N) is 1. The number of sulfone groups is 1. The Balaban J connectivity index is 0.00000484. The van der Waals surface area contributed by atoms with Crippen LogP contribution in [0.1, 0.15) is 33.6 Å². The molecule has 0 aliphatic rings. The lowest BCUT2D eigenvalue weighted by Crippen LogP contribution is -2.49. The maximum atomic E-state index is 12.3. The molecule has 0 saturated heterocycles. The van der Waals surface area contributed by atoms with Crippen molar-refractivity contribution in [2.75, 3.05) is 12.3 Å². The Kier molecular flexibility index (Phi) is 8.19. The third kappa shape index (κ3) is 5.72. The van der Waals surface area contributed by atoms with Gasteiger partial charge in [0.15, 0.2) is 9.84 Å². The van der Waals surface area contributed by atoms with E-state index in [2.05, 4.69) is 4.72 Å². The number of rotatable bonds is 8. The third-order valence-corrected chi connectivity index (χ3v) is 7.01. The van der Waals surface area contributed by atoms with E-state index in [0.29, 0.717) is 12.8 Å². The summed E-state index contributed by atoms with van der Waals surface area (Å²) in [5.74, 6) is -0.0818. The summed E-state index contributed by atoms with van der Waals surface area (Å²) in [6, 6.07) is 5.36. The molecule has 0 unspecified atom stereocenters. The second kappa shape index (κ2) is 8.43. The molecule has 1 rings (SSSR count). The van der Waals surface area contributed by atoms with Gasteiger partial charge in [0.2, 0.25) is 10.0 Å². The van der Waals surface area contributed by atoms with Crippen molar-refractivity contribution in [2.45, 2.75) is 48.9 Å². The molecule has 0 fully saturated rings. The Labute approximate surface area is 145 Å². The molecule has 1 aromatic carbocycles. The second-order valence-corrected chi connectivity index (χ2v) is 9.32. The highest BCUT2D eigenvalue weighted by molar-refractivity contribution is 7.91. The van der Waals surface area contributed by atoms with Crippen LogP contribution >= 0.6 is 12.4 Å². The first kappa shape index (κ1) is 22.3. The third-order valence-electron chi connectivity index (χ3n) is 3.88. The molecule has 0 heterocycles. The average Bonchev–Trinajstić information content (AvgIpc) is 2.53. The van der Waals surface area contributed by atoms with E-state index in [1.54, 1.807) is 0 Å². The monoisotopic (exact) mass is 384 g/mol. The standard InChI is InChI=1S/C14H24N2O4S2.ClH/c1-4-14(15,5-2)11-16-22(19,20)13-9-7-8-12(10-13)21(17,18)6-3;/h7-10,16H,4-6,11,15H2,1-3H3;1H. The van der Waals surface area contributed by atoms with Crippen LogP contribution in [-0.2, 0) is 19.9 Å². The molecular formula is C14H25ClN2O4S2. The van der Waals surface area contributed by atoms with E-state index in [9.17, 15) is 16.8 Å². The zero-order valence-corrected chi connectivity index (χ0v) is 16.0. The summed E-state index contributed by atoms with van der Waals surface area (Å²) in [4.78, 5) is -0.0700. The minimum absolute atomic E-state index is 0. The van der Waals surface area contributed by atoms with Gasteiger partial charge in [-0.05, 0) is 31.0 Å². The molecule has 0 bridgehead atoms. The first-order chi connectivity index (χ1) is 10.1. The van der Waals surface area contributed by atoms with Gasteiger partial charge < -0.3 is 5.73 Å². The first-order valence-corrected chi connectivity index (χ1v) is 10.3. The van der Waals surface area contributed by atoms with Crippen molar-refractivity contribution < 1.29 is 16.8 Å². The number of nitrogens with one attached hydrogen (secondary N) is 1. The highest BCUT2D eigenvalue weighted by Gasteiger charge is 2.24. The van der Waals surface area contributed by atoms with Crippen LogP contribution in [0.15, 0.2) is 34.1 Å². The van der Waals surface area contributed by atoms with Gasteiger partial charge in [-0.3, -0.25) is 0 Å². The topological polar surface area (TPSA) is 106 Å². The van der Waals surface area contributed by atoms with Crippen molar-refractivity contribution >= 4 is 32.3 Å². The van der Waals surface area contributed by atoms with Crippen molar-refractivity contribution in [1.29, 1.82) is 0 Å². The molecule has 0 aromatic heterocycles. The largest absolute Gasteiger partial charge is 0.324 e. The lowest BCUT2D eigenvalue weighted by molar-refractivity contribution is 0.391. The maximum absolute atomic E-state index is 12.3. The van der Waals surface area contributed by atoms with Gasteiger partial charge in [0.1, 0.15) is 0 Å². The van der Waals surface area contributed by atoms with E-state index in [1.807, 2.05) is 13.8 Å². The van der Waals surface area contributed by atoms with E-state index in [0.717, 1.165) is 0 Å². The zero-order chi connectivity index (χ0) is 17.0. The summed E-state index contributed by atoms with van der Waals surface area (Å²) in [6.07, 6.45) is 1.27. The number of benzene rings is 1. The summed E-state index contributed by atoms with van der Waals surface area (Å²) >= 11 is 0. The molecule has 0 aliphatic heterocycles. The second-order valence-electron chi connectivity index (χ2n) is 5.27. The van der Waals surface area contributed by atoms with E-state index in [1.165, 1.54) is 31.2 Å². The SMILES string of the molecule is CCC(N)(CC)CNS(=O)(=O)c1cccc(S(=O)(=O)CC)c1.Cl. The van der Waals surface area contributed by atoms with E-state index in [4.69, 9.17) is 5.73 Å². The van der Waals surface area contributed by atoms with E-state index >= 15 is 0 Å². The molecule has 134 valence electrons. The molecule has 9 heteroatoms. The Morgan fingerprint density at radius 1 is 1.04 bits per heavy atom. The Hall–Kier alpha value is -0.670. The minimum Gasteiger partial charge on any atom is -0.324 e. The molecule has 23 heavy (non-hydrogen) atoms. The Morgan fingerprint density at radius 2 is 1.57 bits per heavy atom. The molecule has 3 N–H and O–H groups in total.